The highest BCUT2D eigenvalue weighted by atomic mass is 35.5. The monoisotopic (exact) mass is 610 g/mol. The maximum atomic E-state index is 15.0. The Bertz CT molecular complexity index is 1640. The highest BCUT2D eigenvalue weighted by Crippen LogP contribution is 2.63. The molecule has 42 heavy (non-hydrogen) atoms. The molecule has 2 unspecified atom stereocenters. The van der Waals surface area contributed by atoms with Crippen molar-refractivity contribution >= 4 is 33.2 Å². The van der Waals surface area contributed by atoms with E-state index in [9.17, 15) is 9.18 Å². The van der Waals surface area contributed by atoms with E-state index >= 15 is 8.42 Å². The van der Waals surface area contributed by atoms with Gasteiger partial charge in [0.15, 0.2) is 11.7 Å². The lowest BCUT2D eigenvalue weighted by Gasteiger charge is -2.51. The Balaban J connectivity index is 1.39. The van der Waals surface area contributed by atoms with E-state index in [1.165, 1.54) is 24.3 Å². The number of carbonyl (C=O) groups excluding carboxylic acids is 1. The zero-order valence-corrected chi connectivity index (χ0v) is 24.8. The van der Waals surface area contributed by atoms with Gasteiger partial charge in [-0.1, -0.05) is 29.8 Å². The summed E-state index contributed by atoms with van der Waals surface area (Å²) >= 11 is 6.31. The Kier molecular flexibility index (Phi) is 6.94. The molecule has 1 saturated carbocycles. The lowest BCUT2D eigenvalue weighted by atomic mass is 9.68. The van der Waals surface area contributed by atoms with E-state index in [1.54, 1.807) is 12.1 Å². The maximum Gasteiger partial charge on any atom is 0.332 e. The molecule has 7 nitrogen and oxygen atoms in total. The molecule has 1 amide bonds. The van der Waals surface area contributed by atoms with Crippen LogP contribution in [-0.4, -0.2) is 52.7 Å². The van der Waals surface area contributed by atoms with Crippen molar-refractivity contribution in [3.05, 3.63) is 94.3 Å². The van der Waals surface area contributed by atoms with Crippen LogP contribution >= 0.6 is 11.6 Å². The van der Waals surface area contributed by atoms with Gasteiger partial charge in [-0.2, -0.15) is 12.3 Å². The first-order valence-electron chi connectivity index (χ1n) is 14.6. The molecule has 0 aromatic heterocycles. The summed E-state index contributed by atoms with van der Waals surface area (Å²) in [6.07, 6.45) is 3.48. The number of nitrogens with one attached hydrogen (secondary N) is 2. The van der Waals surface area contributed by atoms with Gasteiger partial charge < -0.3 is 15.4 Å². The number of amides is 1. The minimum absolute atomic E-state index is 0.111. The molecule has 0 bridgehead atoms. The van der Waals surface area contributed by atoms with Crippen molar-refractivity contribution in [1.29, 1.82) is 0 Å². The van der Waals surface area contributed by atoms with E-state index in [0.29, 0.717) is 23.8 Å². The molecule has 220 valence electrons. The van der Waals surface area contributed by atoms with E-state index in [1.807, 2.05) is 30.3 Å². The minimum atomic E-state index is -4.05. The lowest BCUT2D eigenvalue weighted by molar-refractivity contribution is -0.0516. The summed E-state index contributed by atoms with van der Waals surface area (Å²) in [5.74, 6) is -0.484. The van der Waals surface area contributed by atoms with E-state index in [-0.39, 0.29) is 39.2 Å². The topological polar surface area (TPSA) is 84.5 Å². The van der Waals surface area contributed by atoms with Crippen LogP contribution in [0.25, 0.3) is 0 Å². The second kappa shape index (κ2) is 10.4. The predicted octanol–water partition coefficient (Wildman–Crippen LogP) is 4.92. The summed E-state index contributed by atoms with van der Waals surface area (Å²) in [5, 5.41) is 7.06. The van der Waals surface area contributed by atoms with E-state index in [4.69, 9.17) is 16.3 Å². The number of halogens is 2. The number of sulfonamides is 1. The quantitative estimate of drug-likeness (QED) is 0.371. The van der Waals surface area contributed by atoms with Crippen molar-refractivity contribution in [2.24, 2.45) is 5.92 Å². The van der Waals surface area contributed by atoms with Crippen LogP contribution in [-0.2, 0) is 26.7 Å². The third-order valence-corrected chi connectivity index (χ3v) is 12.5. The largest absolute Gasteiger partial charge is 0.369 e. The second-order valence-corrected chi connectivity index (χ2v) is 14.5. The number of hydrogen-bond donors (Lipinski definition) is 2. The molecule has 7 rings (SSSR count). The first-order valence-corrected chi connectivity index (χ1v) is 16.5. The van der Waals surface area contributed by atoms with Crippen LogP contribution in [0.5, 0.6) is 0 Å². The number of hydrogen-bond acceptors (Lipinski definition) is 5. The van der Waals surface area contributed by atoms with Gasteiger partial charge in [0.05, 0.1) is 5.41 Å². The summed E-state index contributed by atoms with van der Waals surface area (Å²) in [6, 6.07) is 17.6. The molecule has 3 aromatic rings. The molecule has 2 saturated heterocycles. The van der Waals surface area contributed by atoms with Gasteiger partial charge in [-0.25, -0.2) is 4.39 Å². The van der Waals surface area contributed by atoms with Crippen molar-refractivity contribution in [3.63, 3.8) is 0 Å². The Labute approximate surface area is 250 Å². The van der Waals surface area contributed by atoms with Crippen LogP contribution in [0.2, 0.25) is 5.02 Å². The van der Waals surface area contributed by atoms with Gasteiger partial charge in [0, 0.05) is 34.7 Å². The highest BCUT2D eigenvalue weighted by molar-refractivity contribution is 7.91. The Morgan fingerprint density at radius 2 is 1.76 bits per heavy atom. The van der Waals surface area contributed by atoms with Crippen molar-refractivity contribution in [3.8, 4) is 0 Å². The van der Waals surface area contributed by atoms with Crippen LogP contribution in [0.15, 0.2) is 71.6 Å². The third kappa shape index (κ3) is 4.16. The summed E-state index contributed by atoms with van der Waals surface area (Å²) in [7, 11) is -4.05. The molecule has 2 N–H and O–H groups in total. The summed E-state index contributed by atoms with van der Waals surface area (Å²) < 4.78 is 49.5. The average molecular weight is 611 g/mol. The number of carbonyl (C=O) groups is 1. The fourth-order valence-electron chi connectivity index (χ4n) is 7.72. The number of piperidine rings is 1. The fourth-order valence-corrected chi connectivity index (χ4v) is 10.4. The third-order valence-electron chi connectivity index (χ3n) is 9.78. The van der Waals surface area contributed by atoms with Gasteiger partial charge in [-0.05, 0) is 86.8 Å². The van der Waals surface area contributed by atoms with Gasteiger partial charge in [0.25, 0.3) is 5.91 Å². The van der Waals surface area contributed by atoms with Crippen LogP contribution in [0.4, 0.5) is 10.1 Å². The molecule has 0 radical (unpaired) electrons. The summed E-state index contributed by atoms with van der Waals surface area (Å²) in [4.78, 5) is 13.6. The highest BCUT2D eigenvalue weighted by Gasteiger charge is 2.73. The summed E-state index contributed by atoms with van der Waals surface area (Å²) in [5.41, 5.74) is 2.57. The Hall–Kier alpha value is -2.82. The van der Waals surface area contributed by atoms with E-state index in [0.717, 1.165) is 55.6 Å². The van der Waals surface area contributed by atoms with Crippen LogP contribution in [0, 0.1) is 11.7 Å². The smallest absolute Gasteiger partial charge is 0.332 e. The maximum absolute atomic E-state index is 15.0. The lowest BCUT2D eigenvalue weighted by Crippen LogP contribution is -2.73. The Morgan fingerprint density at radius 1 is 1.05 bits per heavy atom. The number of rotatable bonds is 7. The first kappa shape index (κ1) is 28.0. The van der Waals surface area contributed by atoms with Crippen molar-refractivity contribution in [1.82, 2.24) is 14.5 Å². The first-order chi connectivity index (χ1) is 20.3. The van der Waals surface area contributed by atoms with Crippen molar-refractivity contribution in [2.75, 3.05) is 26.3 Å². The second-order valence-electron chi connectivity index (χ2n) is 12.0. The zero-order chi connectivity index (χ0) is 29.1. The number of ether oxygens (including phenoxy) is 1. The minimum Gasteiger partial charge on any atom is -0.369 e. The van der Waals surface area contributed by atoms with Crippen molar-refractivity contribution in [2.45, 2.75) is 54.6 Å². The molecule has 3 heterocycles. The number of benzene rings is 3. The Morgan fingerprint density at radius 3 is 2.40 bits per heavy atom. The number of nitrogens with zero attached hydrogens (tertiary/aromatic N) is 1. The molecule has 3 aromatic carbocycles. The molecule has 2 atom stereocenters. The van der Waals surface area contributed by atoms with Gasteiger partial charge >= 0.3 is 10.0 Å². The van der Waals surface area contributed by atoms with Crippen LogP contribution in [0.1, 0.15) is 47.2 Å². The fraction of sp³-hybridized carbons (Fsp3) is 0.406. The average Bonchev–Trinajstić information content (AvgIpc) is 3.77. The van der Waals surface area contributed by atoms with Crippen LogP contribution < -0.4 is 14.5 Å². The number of quaternary nitrogens is 1. The van der Waals surface area contributed by atoms with Gasteiger partial charge in [0.1, 0.15) is 30.0 Å². The SMILES string of the molecule is O=C(NCc1ccccc1Cl)c1ccc2c(c1)C1(CCNCC1)C(C1CC1)[N+]2(C1COC1)S(=O)(=O)c1ccc(F)cc1. The van der Waals surface area contributed by atoms with Gasteiger partial charge in [-0.15, -0.1) is 0 Å². The standard InChI is InChI=1S/C32H33ClFN3O4S/c33-28-4-2-1-3-23(28)18-36-31(38)22-7-12-29-27(17-22)32(13-15-35-16-14-32)30(21-5-6-21)37(29,25-19-41-20-25)42(39,40)26-10-8-24(34)9-11-26/h1-4,7-12,17,21,25,30,35H,5-6,13-16,18-20H2/p+1. The molecule has 3 aliphatic heterocycles. The molecular formula is C32H34ClFN3O4S+. The molecule has 3 fully saturated rings. The molecule has 4 aliphatic rings. The van der Waals surface area contributed by atoms with Gasteiger partial charge in [0.2, 0.25) is 0 Å². The van der Waals surface area contributed by atoms with E-state index in [2.05, 4.69) is 10.6 Å². The van der Waals surface area contributed by atoms with Gasteiger partial charge in [-0.3, -0.25) is 4.79 Å². The molecule has 10 heteroatoms. The summed E-state index contributed by atoms with van der Waals surface area (Å²) in [6.45, 7) is 2.48. The normalized spacial score (nSPS) is 25.1. The molecule has 1 aliphatic carbocycles. The zero-order valence-electron chi connectivity index (χ0n) is 23.2. The molecular weight excluding hydrogens is 577 g/mol. The van der Waals surface area contributed by atoms with E-state index < -0.39 is 21.3 Å². The van der Waals surface area contributed by atoms with Crippen LogP contribution in [0.3, 0.4) is 0 Å². The number of fused-ring (bicyclic) bond motifs is 2. The predicted molar refractivity (Wildman–Crippen MR) is 159 cm³/mol. The van der Waals surface area contributed by atoms with Crippen molar-refractivity contribution < 1.29 is 22.3 Å². The molecule has 1 spiro atoms.